The Morgan fingerprint density at radius 1 is 1.14 bits per heavy atom. The van der Waals surface area contributed by atoms with Crippen LogP contribution in [0.1, 0.15) is 40.5 Å². The summed E-state index contributed by atoms with van der Waals surface area (Å²) in [5.74, 6) is -0.760. The highest BCUT2D eigenvalue weighted by atomic mass is 16.5. The van der Waals surface area contributed by atoms with Crippen LogP contribution in [0.25, 0.3) is 0 Å². The van der Waals surface area contributed by atoms with Gasteiger partial charge in [-0.2, -0.15) is 0 Å². The number of unbranched alkanes of at least 4 members (excludes halogenated alkanes) is 1. The second-order valence-electron chi connectivity index (χ2n) is 4.72. The monoisotopic (exact) mass is 287 g/mol. The number of esters is 1. The largest absolute Gasteiger partial charge is 0.462 e. The van der Waals surface area contributed by atoms with Crippen LogP contribution in [0, 0.1) is 0 Å². The van der Waals surface area contributed by atoms with Gasteiger partial charge in [0.2, 0.25) is 0 Å². The van der Waals surface area contributed by atoms with E-state index in [0.717, 1.165) is 0 Å². The number of allylic oxidation sites excluding steroid dienone is 1. The molecule has 0 spiro atoms. The van der Waals surface area contributed by atoms with Gasteiger partial charge < -0.3 is 4.74 Å². The SMILES string of the molecule is CC(=O)OCC=CCCCN1C(=O)c2ccccc2C1=O. The van der Waals surface area contributed by atoms with E-state index in [2.05, 4.69) is 0 Å². The Morgan fingerprint density at radius 2 is 1.76 bits per heavy atom. The molecule has 0 aliphatic carbocycles. The zero-order valence-corrected chi connectivity index (χ0v) is 11.9. The number of nitrogens with zero attached hydrogens (tertiary/aromatic N) is 1. The molecule has 0 unspecified atom stereocenters. The van der Waals surface area contributed by atoms with Gasteiger partial charge >= 0.3 is 5.97 Å². The van der Waals surface area contributed by atoms with Crippen LogP contribution in [0.2, 0.25) is 0 Å². The Labute approximate surface area is 123 Å². The van der Waals surface area contributed by atoms with Gasteiger partial charge in [0.1, 0.15) is 6.61 Å². The number of imide groups is 1. The van der Waals surface area contributed by atoms with Crippen molar-refractivity contribution in [1.29, 1.82) is 0 Å². The molecule has 0 radical (unpaired) electrons. The molecule has 1 aliphatic heterocycles. The maximum absolute atomic E-state index is 12.1. The predicted octanol–water partition coefficient (Wildman–Crippen LogP) is 2.18. The first kappa shape index (κ1) is 15.0. The number of carbonyl (C=O) groups excluding carboxylic acids is 3. The first-order valence-corrected chi connectivity index (χ1v) is 6.85. The third-order valence-electron chi connectivity index (χ3n) is 3.18. The number of fused-ring (bicyclic) bond motifs is 1. The van der Waals surface area contributed by atoms with Crippen LogP contribution < -0.4 is 0 Å². The Hall–Kier alpha value is -2.43. The van der Waals surface area contributed by atoms with Gasteiger partial charge in [-0.3, -0.25) is 19.3 Å². The Balaban J connectivity index is 1.79. The van der Waals surface area contributed by atoms with Crippen molar-refractivity contribution in [2.75, 3.05) is 13.2 Å². The summed E-state index contributed by atoms with van der Waals surface area (Å²) in [7, 11) is 0. The molecule has 1 heterocycles. The highest BCUT2D eigenvalue weighted by Gasteiger charge is 2.34. The van der Waals surface area contributed by atoms with Crippen molar-refractivity contribution in [3.05, 3.63) is 47.5 Å². The van der Waals surface area contributed by atoms with Crippen molar-refractivity contribution in [1.82, 2.24) is 4.90 Å². The van der Waals surface area contributed by atoms with Gasteiger partial charge in [0.25, 0.3) is 11.8 Å². The maximum atomic E-state index is 12.1. The molecule has 1 aromatic carbocycles. The number of hydrogen-bond acceptors (Lipinski definition) is 4. The molecule has 0 saturated carbocycles. The average Bonchev–Trinajstić information content (AvgIpc) is 2.71. The Bertz CT molecular complexity index is 557. The first-order valence-electron chi connectivity index (χ1n) is 6.85. The van der Waals surface area contributed by atoms with E-state index in [9.17, 15) is 14.4 Å². The summed E-state index contributed by atoms with van der Waals surface area (Å²) in [6, 6.07) is 6.86. The molecule has 0 aromatic heterocycles. The van der Waals surface area contributed by atoms with Gasteiger partial charge in [-0.1, -0.05) is 24.3 Å². The number of carbonyl (C=O) groups is 3. The first-order chi connectivity index (χ1) is 10.1. The average molecular weight is 287 g/mol. The molecule has 1 aromatic rings. The third-order valence-corrected chi connectivity index (χ3v) is 3.18. The molecule has 1 aliphatic rings. The number of amides is 2. The molecular weight excluding hydrogens is 270 g/mol. The second-order valence-corrected chi connectivity index (χ2v) is 4.72. The molecule has 110 valence electrons. The molecule has 0 saturated heterocycles. The van der Waals surface area contributed by atoms with E-state index in [1.807, 2.05) is 6.08 Å². The van der Waals surface area contributed by atoms with Crippen LogP contribution in [0.15, 0.2) is 36.4 Å². The number of benzene rings is 1. The van der Waals surface area contributed by atoms with Crippen molar-refractivity contribution < 1.29 is 19.1 Å². The fourth-order valence-electron chi connectivity index (χ4n) is 2.16. The van der Waals surface area contributed by atoms with Gasteiger partial charge in [0.05, 0.1) is 11.1 Å². The molecule has 2 rings (SSSR count). The summed E-state index contributed by atoms with van der Waals surface area (Å²) in [4.78, 5) is 36.0. The van der Waals surface area contributed by atoms with Gasteiger partial charge in [0.15, 0.2) is 0 Å². The minimum absolute atomic E-state index is 0.223. The Morgan fingerprint density at radius 3 is 2.33 bits per heavy atom. The van der Waals surface area contributed by atoms with Crippen LogP contribution in [-0.2, 0) is 9.53 Å². The highest BCUT2D eigenvalue weighted by molar-refractivity contribution is 6.21. The van der Waals surface area contributed by atoms with Crippen LogP contribution >= 0.6 is 0 Å². The summed E-state index contributed by atoms with van der Waals surface area (Å²) >= 11 is 0. The smallest absolute Gasteiger partial charge is 0.302 e. The Kier molecular flexibility index (Phi) is 4.87. The summed E-state index contributed by atoms with van der Waals surface area (Å²) in [6.45, 7) is 2.00. The van der Waals surface area contributed by atoms with Crippen molar-refractivity contribution >= 4 is 17.8 Å². The van der Waals surface area contributed by atoms with E-state index in [1.54, 1.807) is 30.3 Å². The second kappa shape index (κ2) is 6.83. The molecular formula is C16H17NO4. The lowest BCUT2D eigenvalue weighted by molar-refractivity contribution is -0.139. The van der Waals surface area contributed by atoms with E-state index in [0.29, 0.717) is 30.5 Å². The van der Waals surface area contributed by atoms with Crippen LogP contribution in [0.3, 0.4) is 0 Å². The zero-order valence-electron chi connectivity index (χ0n) is 11.9. The van der Waals surface area contributed by atoms with Crippen molar-refractivity contribution in [2.45, 2.75) is 19.8 Å². The van der Waals surface area contributed by atoms with E-state index in [1.165, 1.54) is 11.8 Å². The molecule has 0 atom stereocenters. The molecule has 0 bridgehead atoms. The molecule has 5 nitrogen and oxygen atoms in total. The van der Waals surface area contributed by atoms with E-state index < -0.39 is 0 Å². The standard InChI is InChI=1S/C16H17NO4/c1-12(18)21-11-7-3-2-6-10-17-15(19)13-8-4-5-9-14(13)16(17)20/h3-5,7-9H,2,6,10-11H2,1H3. The molecule has 21 heavy (non-hydrogen) atoms. The topological polar surface area (TPSA) is 63.7 Å². The minimum atomic E-state index is -0.314. The highest BCUT2D eigenvalue weighted by Crippen LogP contribution is 2.22. The lowest BCUT2D eigenvalue weighted by Gasteiger charge is -2.12. The fraction of sp³-hybridized carbons (Fsp3) is 0.312. The lowest BCUT2D eigenvalue weighted by Crippen LogP contribution is -2.30. The minimum Gasteiger partial charge on any atom is -0.462 e. The summed E-state index contributed by atoms with van der Waals surface area (Å²) in [6.07, 6.45) is 5.03. The molecule has 2 amide bonds. The molecule has 0 N–H and O–H groups in total. The van der Waals surface area contributed by atoms with Crippen LogP contribution in [0.4, 0.5) is 0 Å². The normalized spacial score (nSPS) is 13.9. The van der Waals surface area contributed by atoms with Crippen LogP contribution in [-0.4, -0.2) is 35.8 Å². The molecule has 5 heteroatoms. The quantitative estimate of drug-likeness (QED) is 0.348. The number of hydrogen-bond donors (Lipinski definition) is 0. The van der Waals surface area contributed by atoms with E-state index >= 15 is 0 Å². The van der Waals surface area contributed by atoms with Crippen molar-refractivity contribution in [3.63, 3.8) is 0 Å². The summed E-state index contributed by atoms with van der Waals surface area (Å²) < 4.78 is 4.75. The maximum Gasteiger partial charge on any atom is 0.302 e. The van der Waals surface area contributed by atoms with Gasteiger partial charge in [0, 0.05) is 13.5 Å². The van der Waals surface area contributed by atoms with E-state index in [4.69, 9.17) is 4.74 Å². The van der Waals surface area contributed by atoms with Gasteiger partial charge in [-0.15, -0.1) is 0 Å². The third kappa shape index (κ3) is 3.56. The van der Waals surface area contributed by atoms with Gasteiger partial charge in [-0.25, -0.2) is 0 Å². The van der Waals surface area contributed by atoms with Crippen LogP contribution in [0.5, 0.6) is 0 Å². The van der Waals surface area contributed by atoms with Crippen molar-refractivity contribution in [2.24, 2.45) is 0 Å². The predicted molar refractivity (Wildman–Crippen MR) is 76.8 cm³/mol. The number of ether oxygens (including phenoxy) is 1. The van der Waals surface area contributed by atoms with E-state index in [-0.39, 0.29) is 24.4 Å². The lowest BCUT2D eigenvalue weighted by atomic mass is 10.1. The number of rotatable bonds is 6. The van der Waals surface area contributed by atoms with Crippen molar-refractivity contribution in [3.8, 4) is 0 Å². The zero-order chi connectivity index (χ0) is 15.2. The molecule has 0 fully saturated rings. The fourth-order valence-corrected chi connectivity index (χ4v) is 2.16. The summed E-state index contributed by atoms with van der Waals surface area (Å²) in [5, 5.41) is 0. The van der Waals surface area contributed by atoms with Gasteiger partial charge in [-0.05, 0) is 25.0 Å². The summed E-state index contributed by atoms with van der Waals surface area (Å²) in [5.41, 5.74) is 0.959.